The number of terminal acetylenes is 1. The number of rotatable bonds is 2. The third-order valence-corrected chi connectivity index (χ3v) is 2.25. The Morgan fingerprint density at radius 3 is 2.93 bits per heavy atom. The lowest BCUT2D eigenvalue weighted by Crippen LogP contribution is -2.21. The van der Waals surface area contributed by atoms with Crippen molar-refractivity contribution in [2.75, 3.05) is 18.1 Å². The maximum atomic E-state index is 5.17. The Bertz CT molecular complexity index is 389. The minimum Gasteiger partial charge on any atom is -0.361 e. The van der Waals surface area contributed by atoms with Crippen LogP contribution in [0, 0.1) is 12.3 Å². The normalized spacial score (nSPS) is 14.6. The van der Waals surface area contributed by atoms with Crippen molar-refractivity contribution in [3.8, 4) is 12.3 Å². The Balaban J connectivity index is 2.03. The van der Waals surface area contributed by atoms with Crippen LogP contribution in [-0.2, 0) is 0 Å². The van der Waals surface area contributed by atoms with Crippen molar-refractivity contribution < 1.29 is 0 Å². The summed E-state index contributed by atoms with van der Waals surface area (Å²) >= 11 is 0. The molecule has 0 radical (unpaired) electrons. The van der Waals surface area contributed by atoms with Gasteiger partial charge in [0.2, 0.25) is 0 Å². The highest BCUT2D eigenvalue weighted by atomic mass is 15.5. The first-order valence-electron chi connectivity index (χ1n) is 4.97. The Hall–Kier alpha value is -1.95. The van der Waals surface area contributed by atoms with Gasteiger partial charge in [-0.2, -0.15) is 5.10 Å². The molecular weight excluding hydrogens is 186 g/mol. The number of hydrazone groups is 1. The van der Waals surface area contributed by atoms with Gasteiger partial charge < -0.3 is 5.32 Å². The van der Waals surface area contributed by atoms with Crippen LogP contribution in [0.3, 0.4) is 0 Å². The van der Waals surface area contributed by atoms with E-state index in [2.05, 4.69) is 16.3 Å². The quantitative estimate of drug-likeness (QED) is 0.730. The van der Waals surface area contributed by atoms with Crippen molar-refractivity contribution >= 4 is 11.5 Å². The van der Waals surface area contributed by atoms with E-state index in [1.807, 2.05) is 35.3 Å². The van der Waals surface area contributed by atoms with Crippen LogP contribution < -0.4 is 10.3 Å². The number of hydrogen-bond donors (Lipinski definition) is 1. The zero-order valence-electron chi connectivity index (χ0n) is 8.48. The molecule has 1 aliphatic rings. The van der Waals surface area contributed by atoms with Crippen molar-refractivity contribution in [3.63, 3.8) is 0 Å². The van der Waals surface area contributed by atoms with Crippen LogP contribution in [0.25, 0.3) is 0 Å². The number of para-hydroxylation sites is 1. The molecule has 15 heavy (non-hydrogen) atoms. The second kappa shape index (κ2) is 4.52. The maximum Gasteiger partial charge on any atom is 0.125 e. The summed E-state index contributed by atoms with van der Waals surface area (Å²) in [5, 5.41) is 9.53. The van der Waals surface area contributed by atoms with Crippen molar-refractivity contribution in [1.82, 2.24) is 5.32 Å². The molecule has 0 saturated heterocycles. The van der Waals surface area contributed by atoms with Gasteiger partial charge in [0.1, 0.15) is 5.84 Å². The number of nitrogens with zero attached hydrogens (tertiary/aromatic N) is 2. The highest BCUT2D eigenvalue weighted by Gasteiger charge is 2.14. The smallest absolute Gasteiger partial charge is 0.125 e. The van der Waals surface area contributed by atoms with E-state index in [1.165, 1.54) is 0 Å². The number of hydrogen-bond acceptors (Lipinski definition) is 3. The monoisotopic (exact) mass is 199 g/mol. The zero-order chi connectivity index (χ0) is 10.5. The molecule has 3 nitrogen and oxygen atoms in total. The maximum absolute atomic E-state index is 5.17. The van der Waals surface area contributed by atoms with Crippen LogP contribution in [0.15, 0.2) is 35.4 Å². The molecular formula is C12H13N3. The fourth-order valence-electron chi connectivity index (χ4n) is 1.52. The summed E-state index contributed by atoms with van der Waals surface area (Å²) in [6.07, 6.45) is 6.10. The van der Waals surface area contributed by atoms with Crippen LogP contribution in [0.1, 0.15) is 6.42 Å². The van der Waals surface area contributed by atoms with Crippen molar-refractivity contribution in [3.05, 3.63) is 30.3 Å². The summed E-state index contributed by atoms with van der Waals surface area (Å²) in [4.78, 5) is 0. The van der Waals surface area contributed by atoms with Gasteiger partial charge in [-0.3, -0.25) is 5.01 Å². The first-order chi connectivity index (χ1) is 7.40. The molecule has 1 N–H and O–H groups in total. The van der Waals surface area contributed by atoms with Gasteiger partial charge in [0.05, 0.1) is 12.2 Å². The first kappa shape index (κ1) is 9.60. The lowest BCUT2D eigenvalue weighted by molar-refractivity contribution is 0.921. The topological polar surface area (TPSA) is 27.6 Å². The third kappa shape index (κ3) is 2.29. The average molecular weight is 199 g/mol. The van der Waals surface area contributed by atoms with Gasteiger partial charge >= 0.3 is 0 Å². The largest absolute Gasteiger partial charge is 0.361 e. The molecule has 0 unspecified atom stereocenters. The molecule has 0 atom stereocenters. The van der Waals surface area contributed by atoms with Crippen molar-refractivity contribution in [2.45, 2.75) is 6.42 Å². The molecule has 0 fully saturated rings. The molecule has 2 rings (SSSR count). The number of anilines is 1. The van der Waals surface area contributed by atoms with Gasteiger partial charge in [-0.15, -0.1) is 6.42 Å². The predicted octanol–water partition coefficient (Wildman–Crippen LogP) is 1.43. The zero-order valence-corrected chi connectivity index (χ0v) is 8.48. The molecule has 1 heterocycles. The van der Waals surface area contributed by atoms with Gasteiger partial charge in [0, 0.05) is 13.0 Å². The molecule has 0 amide bonds. The van der Waals surface area contributed by atoms with Crippen molar-refractivity contribution in [1.29, 1.82) is 0 Å². The molecule has 1 aliphatic heterocycles. The van der Waals surface area contributed by atoms with Gasteiger partial charge in [0.15, 0.2) is 0 Å². The fraction of sp³-hybridized carbons (Fsp3) is 0.250. The highest BCUT2D eigenvalue weighted by molar-refractivity contribution is 5.86. The molecule has 76 valence electrons. The lowest BCUT2D eigenvalue weighted by Gasteiger charge is -2.12. The minimum absolute atomic E-state index is 0.543. The Morgan fingerprint density at radius 2 is 2.20 bits per heavy atom. The molecule has 1 aromatic carbocycles. The third-order valence-electron chi connectivity index (χ3n) is 2.25. The van der Waals surface area contributed by atoms with Crippen LogP contribution in [-0.4, -0.2) is 18.9 Å². The molecule has 0 bridgehead atoms. The van der Waals surface area contributed by atoms with E-state index >= 15 is 0 Å². The average Bonchev–Trinajstić information content (AvgIpc) is 2.76. The Morgan fingerprint density at radius 1 is 1.40 bits per heavy atom. The molecule has 3 heteroatoms. The summed E-state index contributed by atoms with van der Waals surface area (Å²) in [7, 11) is 0. The Kier molecular flexibility index (Phi) is 2.89. The molecule has 0 spiro atoms. The number of amidine groups is 1. The van der Waals surface area contributed by atoms with Crippen LogP contribution >= 0.6 is 0 Å². The summed E-state index contributed by atoms with van der Waals surface area (Å²) in [6, 6.07) is 10.1. The van der Waals surface area contributed by atoms with Crippen LogP contribution in [0.4, 0.5) is 5.69 Å². The van der Waals surface area contributed by atoms with E-state index in [0.29, 0.717) is 6.54 Å². The lowest BCUT2D eigenvalue weighted by atomic mass is 10.3. The molecule has 0 saturated carbocycles. The minimum atomic E-state index is 0.543. The number of nitrogens with one attached hydrogen (secondary N) is 1. The van der Waals surface area contributed by atoms with E-state index in [9.17, 15) is 0 Å². The standard InChI is InChI=1S/C12H13N3/c1-2-9-13-12-8-10-15(14-12)11-6-4-3-5-7-11/h1,3-7H,8-10H2,(H,13,14). The van der Waals surface area contributed by atoms with Gasteiger partial charge in [-0.25, -0.2) is 0 Å². The molecule has 1 aromatic rings. The van der Waals surface area contributed by atoms with Gasteiger partial charge in [0.25, 0.3) is 0 Å². The summed E-state index contributed by atoms with van der Waals surface area (Å²) in [6.45, 7) is 1.46. The van der Waals surface area contributed by atoms with E-state index in [0.717, 1.165) is 24.5 Å². The summed E-state index contributed by atoms with van der Waals surface area (Å²) in [5.41, 5.74) is 1.12. The Labute approximate surface area is 89.8 Å². The second-order valence-electron chi connectivity index (χ2n) is 3.31. The van der Waals surface area contributed by atoms with Crippen LogP contribution in [0.2, 0.25) is 0 Å². The van der Waals surface area contributed by atoms with Crippen molar-refractivity contribution in [2.24, 2.45) is 5.10 Å². The SMILES string of the molecule is C#CCNC1=NN(c2ccccc2)CC1. The van der Waals surface area contributed by atoms with E-state index in [4.69, 9.17) is 6.42 Å². The highest BCUT2D eigenvalue weighted by Crippen LogP contribution is 2.17. The first-order valence-corrected chi connectivity index (χ1v) is 4.97. The van der Waals surface area contributed by atoms with E-state index in [1.54, 1.807) is 0 Å². The summed E-state index contributed by atoms with van der Waals surface area (Å²) < 4.78 is 0. The predicted molar refractivity (Wildman–Crippen MR) is 62.7 cm³/mol. The molecule has 0 aromatic heterocycles. The van der Waals surface area contributed by atoms with Gasteiger partial charge in [-0.05, 0) is 12.1 Å². The van der Waals surface area contributed by atoms with Gasteiger partial charge in [-0.1, -0.05) is 24.1 Å². The molecule has 0 aliphatic carbocycles. The van der Waals surface area contributed by atoms with E-state index in [-0.39, 0.29) is 0 Å². The van der Waals surface area contributed by atoms with E-state index < -0.39 is 0 Å². The number of benzene rings is 1. The fourth-order valence-corrected chi connectivity index (χ4v) is 1.52. The summed E-state index contributed by atoms with van der Waals surface area (Å²) in [5.74, 6) is 3.51. The van der Waals surface area contributed by atoms with Crippen LogP contribution in [0.5, 0.6) is 0 Å². The second-order valence-corrected chi connectivity index (χ2v) is 3.31.